The molecular weight excluding hydrogens is 256 g/mol. The summed E-state index contributed by atoms with van der Waals surface area (Å²) in [6, 6.07) is 7.68. The van der Waals surface area contributed by atoms with Gasteiger partial charge in [0.25, 0.3) is 0 Å². The number of carbonyl (C=O) groups is 1. The molecule has 5 heteroatoms. The molecule has 1 aromatic carbocycles. The second-order valence-electron chi connectivity index (χ2n) is 5.18. The molecule has 0 radical (unpaired) electrons. The maximum Gasteiger partial charge on any atom is 0.320 e. The standard InChI is InChI=1S/C15H22N2O3/c1-12(15(18)19)17-8-6-16(7-9-17)11-13-4-3-5-14(10-13)20-2/h3-5,10,12H,6-9,11H2,1-2H3,(H,18,19). The highest BCUT2D eigenvalue weighted by Gasteiger charge is 2.24. The quantitative estimate of drug-likeness (QED) is 0.879. The van der Waals surface area contributed by atoms with Crippen LogP contribution in [0, 0.1) is 0 Å². The molecule has 1 aliphatic heterocycles. The molecule has 1 N–H and O–H groups in total. The van der Waals surface area contributed by atoms with Gasteiger partial charge in [-0.05, 0) is 24.6 Å². The number of rotatable bonds is 5. The molecule has 110 valence electrons. The molecule has 0 aromatic heterocycles. The number of methoxy groups -OCH3 is 1. The maximum atomic E-state index is 11.0. The van der Waals surface area contributed by atoms with Crippen LogP contribution in [0.3, 0.4) is 0 Å². The maximum absolute atomic E-state index is 11.0. The Morgan fingerprint density at radius 2 is 2.05 bits per heavy atom. The van der Waals surface area contributed by atoms with E-state index in [-0.39, 0.29) is 0 Å². The highest BCUT2D eigenvalue weighted by Crippen LogP contribution is 2.15. The summed E-state index contributed by atoms with van der Waals surface area (Å²) >= 11 is 0. The Morgan fingerprint density at radius 1 is 1.35 bits per heavy atom. The Labute approximate surface area is 119 Å². The first-order chi connectivity index (χ1) is 9.60. The van der Waals surface area contributed by atoms with Crippen LogP contribution in [0.4, 0.5) is 0 Å². The summed E-state index contributed by atoms with van der Waals surface area (Å²) < 4.78 is 5.23. The van der Waals surface area contributed by atoms with E-state index in [4.69, 9.17) is 9.84 Å². The van der Waals surface area contributed by atoms with Gasteiger partial charge in [-0.1, -0.05) is 12.1 Å². The molecular formula is C15H22N2O3. The van der Waals surface area contributed by atoms with Crippen LogP contribution in [0.2, 0.25) is 0 Å². The fourth-order valence-corrected chi connectivity index (χ4v) is 2.49. The van der Waals surface area contributed by atoms with Gasteiger partial charge in [-0.3, -0.25) is 14.6 Å². The third-order valence-corrected chi connectivity index (χ3v) is 3.85. The largest absolute Gasteiger partial charge is 0.497 e. The van der Waals surface area contributed by atoms with Gasteiger partial charge in [-0.25, -0.2) is 0 Å². The van der Waals surface area contributed by atoms with Crippen molar-refractivity contribution in [3.63, 3.8) is 0 Å². The Balaban J connectivity index is 1.86. The SMILES string of the molecule is COc1cccc(CN2CCN(C(C)C(=O)O)CC2)c1. The van der Waals surface area contributed by atoms with Gasteiger partial charge in [0.2, 0.25) is 0 Å². The van der Waals surface area contributed by atoms with E-state index in [0.717, 1.165) is 38.5 Å². The zero-order valence-corrected chi connectivity index (χ0v) is 12.1. The zero-order valence-electron chi connectivity index (χ0n) is 12.1. The van der Waals surface area contributed by atoms with Gasteiger partial charge in [-0.15, -0.1) is 0 Å². The summed E-state index contributed by atoms with van der Waals surface area (Å²) in [4.78, 5) is 15.3. The molecule has 0 spiro atoms. The van der Waals surface area contributed by atoms with Gasteiger partial charge < -0.3 is 9.84 Å². The van der Waals surface area contributed by atoms with Crippen LogP contribution < -0.4 is 4.74 Å². The molecule has 1 heterocycles. The van der Waals surface area contributed by atoms with E-state index in [1.165, 1.54) is 5.56 Å². The Hall–Kier alpha value is -1.59. The first-order valence-electron chi connectivity index (χ1n) is 6.92. The lowest BCUT2D eigenvalue weighted by atomic mass is 10.1. The highest BCUT2D eigenvalue weighted by atomic mass is 16.5. The van der Waals surface area contributed by atoms with Crippen LogP contribution in [0.25, 0.3) is 0 Å². The molecule has 0 bridgehead atoms. The van der Waals surface area contributed by atoms with Crippen molar-refractivity contribution in [2.24, 2.45) is 0 Å². The van der Waals surface area contributed by atoms with E-state index in [0.29, 0.717) is 0 Å². The summed E-state index contributed by atoms with van der Waals surface area (Å²) in [6.07, 6.45) is 0. The number of ether oxygens (including phenoxy) is 1. The fourth-order valence-electron chi connectivity index (χ4n) is 2.49. The molecule has 1 saturated heterocycles. The third kappa shape index (κ3) is 3.71. The van der Waals surface area contributed by atoms with Gasteiger partial charge in [0.1, 0.15) is 11.8 Å². The number of nitrogens with zero attached hydrogens (tertiary/aromatic N) is 2. The van der Waals surface area contributed by atoms with Gasteiger partial charge in [0.15, 0.2) is 0 Å². The molecule has 1 fully saturated rings. The fraction of sp³-hybridized carbons (Fsp3) is 0.533. The lowest BCUT2D eigenvalue weighted by molar-refractivity contribution is -0.143. The van der Waals surface area contributed by atoms with Crippen LogP contribution in [0.15, 0.2) is 24.3 Å². The molecule has 0 aliphatic carbocycles. The number of hydrogen-bond donors (Lipinski definition) is 1. The Morgan fingerprint density at radius 3 is 2.65 bits per heavy atom. The molecule has 1 unspecified atom stereocenters. The Kier molecular flexibility index (Phi) is 4.98. The van der Waals surface area contributed by atoms with Gasteiger partial charge in [0, 0.05) is 32.7 Å². The second-order valence-corrected chi connectivity index (χ2v) is 5.18. The predicted molar refractivity (Wildman–Crippen MR) is 76.9 cm³/mol. The summed E-state index contributed by atoms with van der Waals surface area (Å²) in [7, 11) is 1.67. The molecule has 0 amide bonds. The van der Waals surface area contributed by atoms with E-state index >= 15 is 0 Å². The minimum atomic E-state index is -0.744. The van der Waals surface area contributed by atoms with Crippen molar-refractivity contribution in [3.05, 3.63) is 29.8 Å². The Bertz CT molecular complexity index is 456. The minimum Gasteiger partial charge on any atom is -0.497 e. The van der Waals surface area contributed by atoms with Crippen LogP contribution in [-0.2, 0) is 11.3 Å². The minimum absolute atomic E-state index is 0.394. The average Bonchev–Trinajstić information content (AvgIpc) is 2.47. The predicted octanol–water partition coefficient (Wildman–Crippen LogP) is 1.29. The normalized spacial score (nSPS) is 18.7. The summed E-state index contributed by atoms with van der Waals surface area (Å²) in [5.41, 5.74) is 1.23. The van der Waals surface area contributed by atoms with E-state index in [1.807, 2.05) is 23.1 Å². The van der Waals surface area contributed by atoms with Crippen molar-refractivity contribution in [2.45, 2.75) is 19.5 Å². The van der Waals surface area contributed by atoms with E-state index in [2.05, 4.69) is 11.0 Å². The molecule has 2 rings (SSSR count). The lowest BCUT2D eigenvalue weighted by Crippen LogP contribution is -2.51. The van der Waals surface area contributed by atoms with Crippen molar-refractivity contribution < 1.29 is 14.6 Å². The number of benzene rings is 1. The van der Waals surface area contributed by atoms with Crippen molar-refractivity contribution >= 4 is 5.97 Å². The first kappa shape index (κ1) is 14.8. The van der Waals surface area contributed by atoms with Crippen LogP contribution >= 0.6 is 0 Å². The highest BCUT2D eigenvalue weighted by molar-refractivity contribution is 5.72. The summed E-state index contributed by atoms with van der Waals surface area (Å²) in [5, 5.41) is 9.02. The van der Waals surface area contributed by atoms with Crippen molar-refractivity contribution in [1.82, 2.24) is 9.80 Å². The van der Waals surface area contributed by atoms with Crippen molar-refractivity contribution in [1.29, 1.82) is 0 Å². The van der Waals surface area contributed by atoms with E-state index < -0.39 is 12.0 Å². The van der Waals surface area contributed by atoms with Gasteiger partial charge in [-0.2, -0.15) is 0 Å². The number of hydrogen-bond acceptors (Lipinski definition) is 4. The summed E-state index contributed by atoms with van der Waals surface area (Å²) in [6.45, 7) is 6.03. The van der Waals surface area contributed by atoms with Crippen LogP contribution in [-0.4, -0.2) is 60.2 Å². The smallest absolute Gasteiger partial charge is 0.320 e. The molecule has 1 atom stereocenters. The summed E-state index contributed by atoms with van der Waals surface area (Å²) in [5.74, 6) is 0.131. The van der Waals surface area contributed by atoms with E-state index in [1.54, 1.807) is 14.0 Å². The van der Waals surface area contributed by atoms with Crippen molar-refractivity contribution in [2.75, 3.05) is 33.3 Å². The molecule has 0 saturated carbocycles. The number of carboxylic acids is 1. The zero-order chi connectivity index (χ0) is 14.5. The number of carboxylic acid groups (broad SMARTS) is 1. The van der Waals surface area contributed by atoms with Crippen molar-refractivity contribution in [3.8, 4) is 5.75 Å². The van der Waals surface area contributed by atoms with Crippen LogP contribution in [0.1, 0.15) is 12.5 Å². The molecule has 1 aliphatic rings. The molecule has 20 heavy (non-hydrogen) atoms. The number of aliphatic carboxylic acids is 1. The van der Waals surface area contributed by atoms with Crippen LogP contribution in [0.5, 0.6) is 5.75 Å². The average molecular weight is 278 g/mol. The third-order valence-electron chi connectivity index (χ3n) is 3.85. The molecule has 1 aromatic rings. The van der Waals surface area contributed by atoms with E-state index in [9.17, 15) is 4.79 Å². The first-order valence-corrected chi connectivity index (χ1v) is 6.92. The van der Waals surface area contributed by atoms with Gasteiger partial charge >= 0.3 is 5.97 Å². The number of piperazine rings is 1. The van der Waals surface area contributed by atoms with Gasteiger partial charge in [0.05, 0.1) is 7.11 Å². The monoisotopic (exact) mass is 278 g/mol. The second kappa shape index (κ2) is 6.72. The topological polar surface area (TPSA) is 53.0 Å². The molecule has 5 nitrogen and oxygen atoms in total. The lowest BCUT2D eigenvalue weighted by Gasteiger charge is -2.36.